The van der Waals surface area contributed by atoms with E-state index in [2.05, 4.69) is 20.2 Å². The van der Waals surface area contributed by atoms with E-state index in [9.17, 15) is 8.42 Å². The summed E-state index contributed by atoms with van der Waals surface area (Å²) in [5, 5.41) is 8.37. The van der Waals surface area contributed by atoms with Gasteiger partial charge in [0.1, 0.15) is 5.82 Å². The zero-order valence-corrected chi connectivity index (χ0v) is 16.4. The van der Waals surface area contributed by atoms with Gasteiger partial charge in [-0.2, -0.15) is 5.10 Å². The highest BCUT2D eigenvalue weighted by Crippen LogP contribution is 2.38. The molecule has 1 aliphatic carbocycles. The fraction of sp³-hybridized carbons (Fsp3) is 0.450. The number of benzene rings is 1. The van der Waals surface area contributed by atoms with Gasteiger partial charge in [-0.1, -0.05) is 24.3 Å². The SMILES string of the molecule is O=S(=O)(Cc1cccc2cccnc12)N1CCCC(c2n[nH]c(C3CC3)n2)C1. The Hall–Kier alpha value is -2.32. The first kappa shape index (κ1) is 17.8. The molecule has 1 saturated heterocycles. The Morgan fingerprint density at radius 1 is 1.11 bits per heavy atom. The van der Waals surface area contributed by atoms with Crippen molar-refractivity contribution in [3.8, 4) is 0 Å². The van der Waals surface area contributed by atoms with Crippen LogP contribution in [0.4, 0.5) is 0 Å². The number of sulfonamides is 1. The number of aromatic amines is 1. The lowest BCUT2D eigenvalue weighted by molar-refractivity contribution is 0.309. The van der Waals surface area contributed by atoms with Gasteiger partial charge in [0.05, 0.1) is 11.3 Å². The predicted molar refractivity (Wildman–Crippen MR) is 106 cm³/mol. The molecule has 0 bridgehead atoms. The van der Waals surface area contributed by atoms with Gasteiger partial charge in [-0.25, -0.2) is 17.7 Å². The molecule has 8 heteroatoms. The number of rotatable bonds is 5. The highest BCUT2D eigenvalue weighted by atomic mass is 32.2. The summed E-state index contributed by atoms with van der Waals surface area (Å²) in [6.45, 7) is 0.999. The van der Waals surface area contributed by atoms with Crippen LogP contribution >= 0.6 is 0 Å². The van der Waals surface area contributed by atoms with E-state index in [-0.39, 0.29) is 11.7 Å². The topological polar surface area (TPSA) is 91.8 Å². The molecule has 7 nitrogen and oxygen atoms in total. The Morgan fingerprint density at radius 2 is 1.96 bits per heavy atom. The fourth-order valence-corrected chi connectivity index (χ4v) is 5.61. The molecule has 2 aliphatic rings. The third kappa shape index (κ3) is 3.42. The van der Waals surface area contributed by atoms with E-state index in [1.807, 2.05) is 30.3 Å². The molecule has 2 aromatic heterocycles. The molecule has 3 heterocycles. The Bertz CT molecular complexity index is 1100. The van der Waals surface area contributed by atoms with Crippen LogP contribution in [0.5, 0.6) is 0 Å². The number of hydrogen-bond acceptors (Lipinski definition) is 5. The molecular formula is C20H23N5O2S. The molecule has 28 heavy (non-hydrogen) atoms. The van der Waals surface area contributed by atoms with Crippen LogP contribution in [-0.4, -0.2) is 46.0 Å². The summed E-state index contributed by atoms with van der Waals surface area (Å²) >= 11 is 0. The van der Waals surface area contributed by atoms with E-state index in [1.54, 1.807) is 10.5 Å². The number of nitrogens with one attached hydrogen (secondary N) is 1. The van der Waals surface area contributed by atoms with Crippen molar-refractivity contribution in [2.24, 2.45) is 0 Å². The minimum atomic E-state index is -3.44. The quantitative estimate of drug-likeness (QED) is 0.715. The third-order valence-electron chi connectivity index (χ3n) is 5.68. The number of para-hydroxylation sites is 1. The molecule has 3 aromatic rings. The summed E-state index contributed by atoms with van der Waals surface area (Å²) in [6, 6.07) is 9.52. The summed E-state index contributed by atoms with van der Waals surface area (Å²) in [5.74, 6) is 2.25. The molecule has 1 atom stereocenters. The summed E-state index contributed by atoms with van der Waals surface area (Å²) in [5.41, 5.74) is 1.50. The highest BCUT2D eigenvalue weighted by Gasteiger charge is 2.33. The van der Waals surface area contributed by atoms with Crippen molar-refractivity contribution in [3.05, 3.63) is 53.7 Å². The third-order valence-corrected chi connectivity index (χ3v) is 7.48. The molecule has 2 fully saturated rings. The van der Waals surface area contributed by atoms with Gasteiger partial charge in [-0.3, -0.25) is 10.1 Å². The van der Waals surface area contributed by atoms with Gasteiger partial charge in [0.15, 0.2) is 5.82 Å². The van der Waals surface area contributed by atoms with Gasteiger partial charge in [0.25, 0.3) is 0 Å². The van der Waals surface area contributed by atoms with Gasteiger partial charge >= 0.3 is 0 Å². The van der Waals surface area contributed by atoms with Crippen LogP contribution in [0.3, 0.4) is 0 Å². The molecule has 0 amide bonds. The number of hydrogen-bond donors (Lipinski definition) is 1. The first-order valence-corrected chi connectivity index (χ1v) is 11.4. The molecule has 1 saturated carbocycles. The average molecular weight is 398 g/mol. The van der Waals surface area contributed by atoms with Gasteiger partial charge in [-0.15, -0.1) is 0 Å². The van der Waals surface area contributed by atoms with Crippen molar-refractivity contribution in [2.45, 2.75) is 43.3 Å². The molecule has 0 spiro atoms. The molecular weight excluding hydrogens is 374 g/mol. The molecule has 1 N–H and O–H groups in total. The first-order valence-electron chi connectivity index (χ1n) is 9.83. The Balaban J connectivity index is 1.36. The molecule has 1 unspecified atom stereocenters. The lowest BCUT2D eigenvalue weighted by Gasteiger charge is -2.30. The van der Waals surface area contributed by atoms with Crippen LogP contribution in [-0.2, 0) is 15.8 Å². The largest absolute Gasteiger partial charge is 0.263 e. The predicted octanol–water partition coefficient (Wildman–Crippen LogP) is 2.94. The van der Waals surface area contributed by atoms with Gasteiger partial charge in [-0.05, 0) is 37.3 Å². The highest BCUT2D eigenvalue weighted by molar-refractivity contribution is 7.88. The molecule has 146 valence electrons. The van der Waals surface area contributed by atoms with Crippen LogP contribution in [0, 0.1) is 0 Å². The molecule has 1 aromatic carbocycles. The maximum Gasteiger partial charge on any atom is 0.218 e. The normalized spacial score (nSPS) is 21.2. The Labute approximate surface area is 164 Å². The minimum Gasteiger partial charge on any atom is -0.263 e. The Morgan fingerprint density at radius 3 is 2.82 bits per heavy atom. The summed E-state index contributed by atoms with van der Waals surface area (Å²) < 4.78 is 27.9. The average Bonchev–Trinajstić information content (AvgIpc) is 3.45. The fourth-order valence-electron chi connectivity index (χ4n) is 3.99. The second-order valence-electron chi connectivity index (χ2n) is 7.80. The molecule has 1 aliphatic heterocycles. The van der Waals surface area contributed by atoms with Crippen molar-refractivity contribution in [1.82, 2.24) is 24.5 Å². The van der Waals surface area contributed by atoms with E-state index in [0.717, 1.165) is 41.0 Å². The van der Waals surface area contributed by atoms with Crippen molar-refractivity contribution >= 4 is 20.9 Å². The molecule has 0 radical (unpaired) electrons. The minimum absolute atomic E-state index is 0.0323. The van der Waals surface area contributed by atoms with Crippen LogP contribution < -0.4 is 0 Å². The summed E-state index contributed by atoms with van der Waals surface area (Å²) in [4.78, 5) is 9.03. The number of fused-ring (bicyclic) bond motifs is 1. The lowest BCUT2D eigenvalue weighted by Crippen LogP contribution is -2.40. The smallest absolute Gasteiger partial charge is 0.218 e. The molecule has 5 rings (SSSR count). The number of aromatic nitrogens is 4. The lowest BCUT2D eigenvalue weighted by atomic mass is 9.99. The number of piperidine rings is 1. The van der Waals surface area contributed by atoms with Crippen LogP contribution in [0.2, 0.25) is 0 Å². The second-order valence-corrected chi connectivity index (χ2v) is 9.77. The van der Waals surface area contributed by atoms with Crippen LogP contribution in [0.1, 0.15) is 54.7 Å². The van der Waals surface area contributed by atoms with E-state index in [1.165, 1.54) is 12.8 Å². The second kappa shape index (κ2) is 6.93. The number of nitrogens with zero attached hydrogens (tertiary/aromatic N) is 4. The van der Waals surface area contributed by atoms with E-state index in [0.29, 0.717) is 19.0 Å². The zero-order valence-electron chi connectivity index (χ0n) is 15.6. The van der Waals surface area contributed by atoms with Gasteiger partial charge in [0, 0.05) is 36.5 Å². The Kier molecular flexibility index (Phi) is 4.40. The maximum atomic E-state index is 13.1. The van der Waals surface area contributed by atoms with E-state index >= 15 is 0 Å². The van der Waals surface area contributed by atoms with Crippen molar-refractivity contribution in [2.75, 3.05) is 13.1 Å². The van der Waals surface area contributed by atoms with Gasteiger partial charge in [0.2, 0.25) is 10.0 Å². The zero-order chi connectivity index (χ0) is 19.1. The van der Waals surface area contributed by atoms with E-state index < -0.39 is 10.0 Å². The number of H-pyrrole nitrogens is 1. The summed E-state index contributed by atoms with van der Waals surface area (Å²) in [7, 11) is -3.44. The van der Waals surface area contributed by atoms with Crippen molar-refractivity contribution < 1.29 is 8.42 Å². The summed E-state index contributed by atoms with van der Waals surface area (Å²) in [6.07, 6.45) is 5.78. The number of pyridine rings is 1. The maximum absolute atomic E-state index is 13.1. The van der Waals surface area contributed by atoms with Gasteiger partial charge < -0.3 is 0 Å². The van der Waals surface area contributed by atoms with Crippen molar-refractivity contribution in [1.29, 1.82) is 0 Å². The van der Waals surface area contributed by atoms with Crippen LogP contribution in [0.25, 0.3) is 10.9 Å². The van der Waals surface area contributed by atoms with Crippen LogP contribution in [0.15, 0.2) is 36.5 Å². The monoisotopic (exact) mass is 397 g/mol. The standard InChI is InChI=1S/C20H23N5O2S/c26-28(27,13-17-5-1-4-14-6-2-10-21-18(14)17)25-11-3-7-16(12-25)20-22-19(23-24-20)15-8-9-15/h1-2,4-6,10,15-16H,3,7-9,11-13H2,(H,22,23,24). The van der Waals surface area contributed by atoms with Crippen molar-refractivity contribution in [3.63, 3.8) is 0 Å². The first-order chi connectivity index (χ1) is 13.6. The van der Waals surface area contributed by atoms with E-state index in [4.69, 9.17) is 0 Å².